The Kier molecular flexibility index (Phi) is 4.58. The molecule has 37 heavy (non-hydrogen) atoms. The Balaban J connectivity index is 1.42. The van der Waals surface area contributed by atoms with Crippen molar-refractivity contribution in [2.45, 2.75) is 26.6 Å². The van der Waals surface area contributed by atoms with Crippen LogP contribution < -0.4 is 4.74 Å². The van der Waals surface area contributed by atoms with Gasteiger partial charge in [-0.2, -0.15) is 5.10 Å². The topological polar surface area (TPSA) is 123 Å². The first-order valence-electron chi connectivity index (χ1n) is 14.2. The summed E-state index contributed by atoms with van der Waals surface area (Å²) < 4.78 is 53.4. The zero-order chi connectivity index (χ0) is 31.2. The molecule has 0 atom stereocenters. The molecular formula is C26H24N8O3. The Hall–Kier alpha value is -4.85. The van der Waals surface area contributed by atoms with Crippen molar-refractivity contribution >= 4 is 28.3 Å². The summed E-state index contributed by atoms with van der Waals surface area (Å²) >= 11 is 0. The fraction of sp³-hybridized carbons (Fsp3) is 0.269. The minimum Gasteiger partial charge on any atom is -0.494 e. The van der Waals surface area contributed by atoms with E-state index in [9.17, 15) is 9.59 Å². The van der Waals surface area contributed by atoms with Crippen molar-refractivity contribution < 1.29 is 22.6 Å². The number of hydrogen-bond acceptors (Lipinski definition) is 7. The molecule has 11 heteroatoms. The molecule has 1 aliphatic heterocycles. The smallest absolute Gasteiger partial charge is 0.295 e. The number of fused-ring (bicyclic) bond motifs is 1. The number of pyridine rings is 2. The number of ketones is 1. The molecule has 0 spiro atoms. The number of rotatable bonds is 5. The minimum atomic E-state index is -2.53. The average Bonchev–Trinajstić information content (AvgIpc) is 3.67. The van der Waals surface area contributed by atoms with Crippen LogP contribution in [0.1, 0.15) is 48.5 Å². The van der Waals surface area contributed by atoms with E-state index >= 15 is 0 Å². The number of piperidine rings is 1. The van der Waals surface area contributed by atoms with E-state index in [2.05, 4.69) is 29.9 Å². The number of Topliss-reactive ketones (excluding diaryl/α,β-unsaturated/α-hetero) is 1. The number of likely N-dealkylation sites (tertiary alicyclic amines) is 1. The SMILES string of the molecule is [2H]c1nc(C([N+]#[C-])=C2CCN(C(=O)C(=O)c3c[nH]c4c(-n5cnc(C([2H])([2H])[2H])n5)ncc(OC)c34)CC2)c([2H])c([2H])c1C. The largest absolute Gasteiger partial charge is 0.494 e. The van der Waals surface area contributed by atoms with Crippen LogP contribution >= 0.6 is 0 Å². The summed E-state index contributed by atoms with van der Waals surface area (Å²) in [7, 11) is 1.38. The van der Waals surface area contributed by atoms with Gasteiger partial charge in [-0.3, -0.25) is 14.6 Å². The van der Waals surface area contributed by atoms with E-state index in [1.807, 2.05) is 0 Å². The van der Waals surface area contributed by atoms with Crippen molar-refractivity contribution in [2.75, 3.05) is 20.2 Å². The van der Waals surface area contributed by atoms with Crippen LogP contribution in [0.3, 0.4) is 0 Å². The van der Waals surface area contributed by atoms with Crippen LogP contribution in [0.5, 0.6) is 5.75 Å². The van der Waals surface area contributed by atoms with E-state index in [0.717, 1.165) is 4.68 Å². The van der Waals surface area contributed by atoms with Crippen LogP contribution in [0.4, 0.5) is 0 Å². The standard InChI is InChI=1S/C26H24N8O3/c1-15-5-6-19(28-11-15)22(27-3)17-7-9-33(10-8-17)26(36)24(35)18-12-29-23-21(18)20(37-4)13-30-25(23)34-14-31-16(2)32-34/h5-6,11-14,29H,7-10H2,1-2,4H3/i2D3,5D,6D,11D. The molecule has 186 valence electrons. The maximum absolute atomic E-state index is 13.5. The number of amides is 1. The molecule has 0 radical (unpaired) electrons. The number of aromatic nitrogens is 6. The van der Waals surface area contributed by atoms with Gasteiger partial charge in [-0.1, -0.05) is 11.6 Å². The molecule has 0 aliphatic carbocycles. The number of carbonyl (C=O) groups excluding carboxylic acids is 2. The molecule has 5 heterocycles. The molecular weight excluding hydrogens is 472 g/mol. The van der Waals surface area contributed by atoms with Gasteiger partial charge in [0.1, 0.15) is 17.9 Å². The third-order valence-electron chi connectivity index (χ3n) is 6.05. The first kappa shape index (κ1) is 17.6. The molecule has 4 aromatic heterocycles. The Labute approximate surface area is 221 Å². The highest BCUT2D eigenvalue weighted by atomic mass is 16.5. The van der Waals surface area contributed by atoms with Crippen molar-refractivity contribution in [1.82, 2.24) is 34.6 Å². The number of carbonyl (C=O) groups is 2. The predicted molar refractivity (Wildman–Crippen MR) is 135 cm³/mol. The van der Waals surface area contributed by atoms with E-state index in [1.165, 1.54) is 37.7 Å². The minimum absolute atomic E-state index is 0.0218. The number of aromatic amines is 1. The lowest BCUT2D eigenvalue weighted by Crippen LogP contribution is -2.40. The zero-order valence-electron chi connectivity index (χ0n) is 25.9. The molecule has 1 N–H and O–H groups in total. The summed E-state index contributed by atoms with van der Waals surface area (Å²) in [6.07, 6.45) is 4.18. The number of ether oxygens (including phenoxy) is 1. The van der Waals surface area contributed by atoms with Gasteiger partial charge in [-0.25, -0.2) is 19.5 Å². The Morgan fingerprint density at radius 1 is 1.24 bits per heavy atom. The van der Waals surface area contributed by atoms with Gasteiger partial charge in [-0.05, 0) is 38.2 Å². The molecule has 4 aromatic rings. The highest BCUT2D eigenvalue weighted by molar-refractivity contribution is 6.45. The second-order valence-corrected chi connectivity index (χ2v) is 8.25. The van der Waals surface area contributed by atoms with Crippen LogP contribution in [0, 0.1) is 20.3 Å². The highest BCUT2D eigenvalue weighted by Crippen LogP contribution is 2.32. The third-order valence-corrected chi connectivity index (χ3v) is 6.05. The summed E-state index contributed by atoms with van der Waals surface area (Å²) in [5.41, 5.74) is 1.23. The maximum atomic E-state index is 13.5. The van der Waals surface area contributed by atoms with Gasteiger partial charge in [0.15, 0.2) is 5.82 Å². The number of H-pyrrole nitrogens is 1. The molecule has 5 rings (SSSR count). The molecule has 11 nitrogen and oxygen atoms in total. The van der Waals surface area contributed by atoms with E-state index in [-0.39, 0.29) is 95.0 Å². The van der Waals surface area contributed by atoms with Gasteiger partial charge < -0.3 is 14.6 Å². The lowest BCUT2D eigenvalue weighted by molar-refractivity contribution is -0.126. The van der Waals surface area contributed by atoms with E-state index in [1.54, 1.807) is 0 Å². The summed E-state index contributed by atoms with van der Waals surface area (Å²) in [5.74, 6) is -1.61. The number of hydrogen-bond donors (Lipinski definition) is 1. The van der Waals surface area contributed by atoms with Crippen molar-refractivity contribution in [3.63, 3.8) is 0 Å². The molecule has 0 aromatic carbocycles. The number of methoxy groups -OCH3 is 1. The molecule has 1 aliphatic rings. The van der Waals surface area contributed by atoms with Crippen LogP contribution in [0.2, 0.25) is 0 Å². The molecule has 0 unspecified atom stereocenters. The summed E-state index contributed by atoms with van der Waals surface area (Å²) in [5, 5.41) is 4.25. The molecule has 1 saturated heterocycles. The first-order chi connectivity index (χ1) is 20.4. The number of aryl methyl sites for hydroxylation is 1. The van der Waals surface area contributed by atoms with Crippen molar-refractivity contribution in [2.24, 2.45) is 0 Å². The van der Waals surface area contributed by atoms with Crippen LogP contribution in [0.25, 0.3) is 27.3 Å². The van der Waals surface area contributed by atoms with Gasteiger partial charge in [-0.15, -0.1) is 0 Å². The first-order valence-corrected chi connectivity index (χ1v) is 11.2. The normalized spacial score (nSPS) is 16.1. The fourth-order valence-electron chi connectivity index (χ4n) is 4.21. The van der Waals surface area contributed by atoms with Gasteiger partial charge in [0.05, 0.1) is 46.2 Å². The summed E-state index contributed by atoms with van der Waals surface area (Å²) in [4.78, 5) is 46.9. The van der Waals surface area contributed by atoms with E-state index < -0.39 is 18.5 Å². The van der Waals surface area contributed by atoms with Crippen LogP contribution in [-0.4, -0.2) is 66.5 Å². The third kappa shape index (κ3) is 4.33. The van der Waals surface area contributed by atoms with Crippen LogP contribution in [0.15, 0.2) is 42.6 Å². The number of nitrogens with zero attached hydrogens (tertiary/aromatic N) is 7. The average molecular weight is 503 g/mol. The van der Waals surface area contributed by atoms with Gasteiger partial charge in [0.2, 0.25) is 5.70 Å². The quantitative estimate of drug-likeness (QED) is 0.252. The molecule has 0 bridgehead atoms. The van der Waals surface area contributed by atoms with Crippen molar-refractivity contribution in [3.8, 4) is 11.6 Å². The number of nitrogens with one attached hydrogen (secondary N) is 1. The summed E-state index contributed by atoms with van der Waals surface area (Å²) in [6.45, 7) is 6.92. The Morgan fingerprint density at radius 2 is 2.05 bits per heavy atom. The monoisotopic (exact) mass is 502 g/mol. The molecule has 1 fully saturated rings. The summed E-state index contributed by atoms with van der Waals surface area (Å²) in [6, 6.07) is -0.396. The Bertz CT molecular complexity index is 1860. The molecule has 0 saturated carbocycles. The zero-order valence-corrected chi connectivity index (χ0v) is 19.9. The fourth-order valence-corrected chi connectivity index (χ4v) is 4.21. The lowest BCUT2D eigenvalue weighted by atomic mass is 9.99. The second-order valence-electron chi connectivity index (χ2n) is 8.25. The van der Waals surface area contributed by atoms with Gasteiger partial charge in [0.25, 0.3) is 11.7 Å². The maximum Gasteiger partial charge on any atom is 0.295 e. The van der Waals surface area contributed by atoms with E-state index in [0.29, 0.717) is 5.57 Å². The van der Waals surface area contributed by atoms with E-state index in [4.69, 9.17) is 19.5 Å². The molecule has 1 amide bonds. The van der Waals surface area contributed by atoms with Crippen molar-refractivity contribution in [3.05, 3.63) is 76.6 Å². The highest BCUT2D eigenvalue weighted by Gasteiger charge is 2.30. The Morgan fingerprint density at radius 3 is 2.76 bits per heavy atom. The van der Waals surface area contributed by atoms with Crippen molar-refractivity contribution in [1.29, 1.82) is 0 Å². The van der Waals surface area contributed by atoms with Gasteiger partial charge >= 0.3 is 0 Å². The predicted octanol–water partition coefficient (Wildman–Crippen LogP) is 3.30. The van der Waals surface area contributed by atoms with Gasteiger partial charge in [0, 0.05) is 29.6 Å². The second kappa shape index (κ2) is 9.66. The lowest BCUT2D eigenvalue weighted by Gasteiger charge is -2.28. The van der Waals surface area contributed by atoms with Crippen LogP contribution in [-0.2, 0) is 4.79 Å².